The van der Waals surface area contributed by atoms with E-state index in [4.69, 9.17) is 18.9 Å². The Morgan fingerprint density at radius 2 is 1.71 bits per heavy atom. The minimum Gasteiger partial charge on any atom is -0.493 e. The molecule has 0 fully saturated rings. The maximum atomic E-state index is 12.0. The first kappa shape index (κ1) is 29.5. The maximum Gasteiger partial charge on any atom is 0.306 e. The van der Waals surface area contributed by atoms with Crippen LogP contribution in [0, 0.1) is 11.8 Å². The lowest BCUT2D eigenvalue weighted by molar-refractivity contribution is -0.150. The van der Waals surface area contributed by atoms with Crippen molar-refractivity contribution < 1.29 is 33.6 Å². The molecule has 0 saturated heterocycles. The van der Waals surface area contributed by atoms with Gasteiger partial charge in [0.05, 0.1) is 19.6 Å². The first-order chi connectivity index (χ1) is 16.4. The third-order valence-electron chi connectivity index (χ3n) is 5.66. The van der Waals surface area contributed by atoms with Gasteiger partial charge in [-0.2, -0.15) is 0 Å². The molecule has 2 unspecified atom stereocenters. The molecule has 0 aliphatic heterocycles. The summed E-state index contributed by atoms with van der Waals surface area (Å²) in [4.78, 5) is 23.4. The number of hydrogen-bond acceptors (Lipinski definition) is 6. The summed E-state index contributed by atoms with van der Waals surface area (Å²) in [7, 11) is 3.24. The number of rotatable bonds is 18. The van der Waals surface area contributed by atoms with E-state index in [-0.39, 0.29) is 17.8 Å². The van der Waals surface area contributed by atoms with Crippen LogP contribution in [0.3, 0.4) is 0 Å². The van der Waals surface area contributed by atoms with E-state index in [2.05, 4.69) is 6.92 Å². The number of carbonyl (C=O) groups excluding carboxylic acids is 1. The number of allylic oxidation sites excluding steroid dienone is 2. The van der Waals surface area contributed by atoms with E-state index in [9.17, 15) is 14.7 Å². The lowest BCUT2D eigenvalue weighted by Crippen LogP contribution is -2.19. The number of methoxy groups -OCH3 is 2. The van der Waals surface area contributed by atoms with Crippen molar-refractivity contribution in [1.29, 1.82) is 0 Å². The van der Waals surface area contributed by atoms with Crippen LogP contribution in [-0.2, 0) is 19.1 Å². The predicted octanol–water partition coefficient (Wildman–Crippen LogP) is 5.97. The average molecular weight is 479 g/mol. The summed E-state index contributed by atoms with van der Waals surface area (Å²) in [6.07, 6.45) is 8.74. The van der Waals surface area contributed by atoms with Crippen molar-refractivity contribution in [1.82, 2.24) is 0 Å². The van der Waals surface area contributed by atoms with Crippen molar-refractivity contribution in [3.63, 3.8) is 0 Å². The van der Waals surface area contributed by atoms with E-state index >= 15 is 0 Å². The summed E-state index contributed by atoms with van der Waals surface area (Å²) in [5, 5.41) is 9.37. The molecule has 3 atom stereocenters. The molecule has 1 rings (SSSR count). The number of carboxylic acid groups (broad SMARTS) is 1. The molecule has 0 aromatic heterocycles. The molecule has 0 bridgehead atoms. The molecule has 0 heterocycles. The second-order valence-electron chi connectivity index (χ2n) is 8.45. The standard InChI is InChI=1S/C27H42O7/c1-6-11-21(13-8-9-14-22(12-7-2)27(29)30)26(34-20(3)28)23-15-16-24(32-5)25(19-23)33-18-10-17-31-4/h8-9,15-16,19,21-22,26H,6-7,10-14,17-18H2,1-5H3,(H,29,30)/b9-8+/t21-,22?,26?/m1/s1. The van der Waals surface area contributed by atoms with E-state index in [1.165, 1.54) is 6.92 Å². The van der Waals surface area contributed by atoms with Crippen LogP contribution >= 0.6 is 0 Å². The zero-order chi connectivity index (χ0) is 25.3. The number of carbonyl (C=O) groups is 2. The SMILES string of the molecule is CCCC(C/C=C/C[C@@H](CCC)C(OC(C)=O)c1ccc(OC)c(OCCCOC)c1)C(=O)O. The van der Waals surface area contributed by atoms with E-state index in [0.29, 0.717) is 44.0 Å². The molecule has 7 nitrogen and oxygen atoms in total. The Labute approximate surface area is 204 Å². The number of hydrogen-bond donors (Lipinski definition) is 1. The summed E-state index contributed by atoms with van der Waals surface area (Å²) in [5.74, 6) is -0.204. The predicted molar refractivity (Wildman–Crippen MR) is 132 cm³/mol. The van der Waals surface area contributed by atoms with Crippen LogP contribution in [0.1, 0.15) is 77.4 Å². The molecule has 192 valence electrons. The number of benzene rings is 1. The normalized spacial score (nSPS) is 13.9. The Morgan fingerprint density at radius 1 is 1.00 bits per heavy atom. The molecular weight excluding hydrogens is 436 g/mol. The van der Waals surface area contributed by atoms with Crippen molar-refractivity contribution in [2.75, 3.05) is 27.4 Å². The summed E-state index contributed by atoms with van der Waals surface area (Å²) in [5.41, 5.74) is 0.846. The third kappa shape index (κ3) is 10.6. The van der Waals surface area contributed by atoms with Gasteiger partial charge in [-0.25, -0.2) is 0 Å². The van der Waals surface area contributed by atoms with Gasteiger partial charge in [0.1, 0.15) is 6.10 Å². The largest absolute Gasteiger partial charge is 0.493 e. The lowest BCUT2D eigenvalue weighted by Gasteiger charge is -2.27. The van der Waals surface area contributed by atoms with E-state index in [1.807, 2.05) is 37.3 Å². The molecule has 0 amide bonds. The van der Waals surface area contributed by atoms with E-state index in [0.717, 1.165) is 31.2 Å². The number of carboxylic acids is 1. The first-order valence-corrected chi connectivity index (χ1v) is 12.2. The van der Waals surface area contributed by atoms with Gasteiger partial charge < -0.3 is 24.1 Å². The smallest absolute Gasteiger partial charge is 0.306 e. The van der Waals surface area contributed by atoms with Crippen LogP contribution in [-0.4, -0.2) is 44.5 Å². The second kappa shape index (κ2) is 17.0. The molecule has 0 aliphatic rings. The minimum absolute atomic E-state index is 0.0503. The number of esters is 1. The quantitative estimate of drug-likeness (QED) is 0.158. The summed E-state index contributed by atoms with van der Waals surface area (Å²) < 4.78 is 22.2. The van der Waals surface area contributed by atoms with Gasteiger partial charge in [0.25, 0.3) is 0 Å². The molecule has 0 spiro atoms. The van der Waals surface area contributed by atoms with Crippen molar-refractivity contribution in [2.24, 2.45) is 11.8 Å². The van der Waals surface area contributed by atoms with Crippen LogP contribution in [0.15, 0.2) is 30.4 Å². The average Bonchev–Trinajstić information content (AvgIpc) is 2.81. The molecule has 1 aromatic carbocycles. The van der Waals surface area contributed by atoms with E-state index in [1.54, 1.807) is 14.2 Å². The Kier molecular flexibility index (Phi) is 14.7. The number of ether oxygens (including phenoxy) is 4. The van der Waals surface area contributed by atoms with Gasteiger partial charge in [0.15, 0.2) is 11.5 Å². The Morgan fingerprint density at radius 3 is 2.29 bits per heavy atom. The van der Waals surface area contributed by atoms with Crippen LogP contribution in [0.4, 0.5) is 0 Å². The Balaban J connectivity index is 3.09. The Hall–Kier alpha value is -2.54. The fraction of sp³-hybridized carbons (Fsp3) is 0.630. The third-order valence-corrected chi connectivity index (χ3v) is 5.66. The molecule has 0 radical (unpaired) electrons. The highest BCUT2D eigenvalue weighted by molar-refractivity contribution is 5.70. The highest BCUT2D eigenvalue weighted by Gasteiger charge is 2.26. The van der Waals surface area contributed by atoms with Gasteiger partial charge in [-0.1, -0.05) is 44.9 Å². The van der Waals surface area contributed by atoms with Gasteiger partial charge >= 0.3 is 11.9 Å². The van der Waals surface area contributed by atoms with Crippen LogP contribution in [0.2, 0.25) is 0 Å². The van der Waals surface area contributed by atoms with Crippen LogP contribution in [0.25, 0.3) is 0 Å². The fourth-order valence-electron chi connectivity index (χ4n) is 3.97. The van der Waals surface area contributed by atoms with Gasteiger partial charge in [0, 0.05) is 33.0 Å². The van der Waals surface area contributed by atoms with E-state index < -0.39 is 12.1 Å². The second-order valence-corrected chi connectivity index (χ2v) is 8.45. The summed E-state index contributed by atoms with van der Waals surface area (Å²) in [6, 6.07) is 5.62. The van der Waals surface area contributed by atoms with Crippen molar-refractivity contribution in [3.8, 4) is 11.5 Å². The first-order valence-electron chi connectivity index (χ1n) is 12.2. The highest BCUT2D eigenvalue weighted by atomic mass is 16.5. The highest BCUT2D eigenvalue weighted by Crippen LogP contribution is 2.37. The molecule has 34 heavy (non-hydrogen) atoms. The monoisotopic (exact) mass is 478 g/mol. The van der Waals surface area contributed by atoms with Crippen LogP contribution < -0.4 is 9.47 Å². The molecule has 0 aliphatic carbocycles. The molecule has 7 heteroatoms. The van der Waals surface area contributed by atoms with Gasteiger partial charge in [-0.3, -0.25) is 9.59 Å². The molecular formula is C27H42O7. The molecule has 1 aromatic rings. The van der Waals surface area contributed by atoms with Crippen molar-refractivity contribution >= 4 is 11.9 Å². The molecule has 1 N–H and O–H groups in total. The number of aliphatic carboxylic acids is 1. The van der Waals surface area contributed by atoms with Crippen molar-refractivity contribution in [3.05, 3.63) is 35.9 Å². The zero-order valence-electron chi connectivity index (χ0n) is 21.4. The van der Waals surface area contributed by atoms with Gasteiger partial charge in [-0.15, -0.1) is 0 Å². The topological polar surface area (TPSA) is 91.3 Å². The van der Waals surface area contributed by atoms with Crippen molar-refractivity contribution in [2.45, 2.75) is 71.8 Å². The van der Waals surface area contributed by atoms with Gasteiger partial charge in [0.2, 0.25) is 0 Å². The zero-order valence-corrected chi connectivity index (χ0v) is 21.4. The summed E-state index contributed by atoms with van der Waals surface area (Å²) >= 11 is 0. The molecule has 0 saturated carbocycles. The Bertz CT molecular complexity index is 759. The minimum atomic E-state index is -0.759. The fourth-order valence-corrected chi connectivity index (χ4v) is 3.97. The summed E-state index contributed by atoms with van der Waals surface area (Å²) in [6.45, 7) is 6.59. The lowest BCUT2D eigenvalue weighted by atomic mass is 9.88. The maximum absolute atomic E-state index is 12.0. The van der Waals surface area contributed by atoms with Gasteiger partial charge in [-0.05, 0) is 43.4 Å². The van der Waals surface area contributed by atoms with Crippen LogP contribution in [0.5, 0.6) is 11.5 Å².